The summed E-state index contributed by atoms with van der Waals surface area (Å²) in [7, 11) is 0. The number of nitrogens with one attached hydrogen (secondary N) is 1. The molecule has 0 aromatic heterocycles. The summed E-state index contributed by atoms with van der Waals surface area (Å²) in [5.41, 5.74) is 0. The van der Waals surface area contributed by atoms with Gasteiger partial charge in [0.1, 0.15) is 73.2 Å². The predicted molar refractivity (Wildman–Crippen MR) is 456 cm³/mol. The van der Waals surface area contributed by atoms with Crippen molar-refractivity contribution in [1.29, 1.82) is 0 Å². The van der Waals surface area contributed by atoms with Crippen LogP contribution in [0, 0.1) is 0 Å². The van der Waals surface area contributed by atoms with E-state index in [1.165, 1.54) is 161 Å². The van der Waals surface area contributed by atoms with Crippen LogP contribution in [0.3, 0.4) is 0 Å². The van der Waals surface area contributed by atoms with Crippen molar-refractivity contribution in [1.82, 2.24) is 5.32 Å². The highest BCUT2D eigenvalue weighted by molar-refractivity contribution is 5.76. The first-order chi connectivity index (χ1) is 55.3. The molecule has 3 aliphatic heterocycles. The van der Waals surface area contributed by atoms with Gasteiger partial charge in [0, 0.05) is 6.42 Å². The fourth-order valence-electron chi connectivity index (χ4n) is 14.4. The Labute approximate surface area is 683 Å². The fraction of sp³-hybridized carbons (Fsp3) is 0.755. The summed E-state index contributed by atoms with van der Waals surface area (Å²) >= 11 is 0. The minimum Gasteiger partial charge on any atom is -0.394 e. The summed E-state index contributed by atoms with van der Waals surface area (Å²) in [4.78, 5) is 13.5. The van der Waals surface area contributed by atoms with E-state index in [-0.39, 0.29) is 18.9 Å². The molecule has 0 aliphatic carbocycles. The minimum absolute atomic E-state index is 0.236. The van der Waals surface area contributed by atoms with E-state index in [0.717, 1.165) is 128 Å². The lowest BCUT2D eigenvalue weighted by molar-refractivity contribution is -0.379. The summed E-state index contributed by atoms with van der Waals surface area (Å²) in [6.07, 6.45) is 76.9. The van der Waals surface area contributed by atoms with Crippen LogP contribution in [-0.4, -0.2) is 193 Å². The number of carbonyl (C=O) groups is 1. The van der Waals surface area contributed by atoms with E-state index in [1.807, 2.05) is 0 Å². The number of ether oxygens (including phenoxy) is 6. The Morgan fingerprint density at radius 1 is 0.327 bits per heavy atom. The normalized spacial score (nSPS) is 25.5. The van der Waals surface area contributed by atoms with E-state index in [0.29, 0.717) is 12.8 Å². The van der Waals surface area contributed by atoms with Crippen LogP contribution < -0.4 is 5.32 Å². The molecule has 3 aliphatic rings. The Kier molecular flexibility index (Phi) is 65.7. The summed E-state index contributed by atoms with van der Waals surface area (Å²) in [5, 5.41) is 121. The minimum atomic E-state index is -1.98. The Bertz CT molecular complexity index is 2560. The first-order valence-corrected chi connectivity index (χ1v) is 44.9. The average molecular weight is 1590 g/mol. The van der Waals surface area contributed by atoms with E-state index in [4.69, 9.17) is 28.4 Å². The van der Waals surface area contributed by atoms with Crippen LogP contribution in [0.1, 0.15) is 322 Å². The van der Waals surface area contributed by atoms with Gasteiger partial charge in [0.05, 0.1) is 38.6 Å². The second kappa shape index (κ2) is 72.0. The number of amides is 1. The van der Waals surface area contributed by atoms with Crippen LogP contribution in [0.25, 0.3) is 0 Å². The third-order valence-corrected chi connectivity index (χ3v) is 21.5. The topological polar surface area (TPSA) is 307 Å². The molecule has 0 radical (unpaired) electrons. The number of allylic oxidation sites excluding steroid dienone is 22. The third kappa shape index (κ3) is 50.5. The molecule has 12 N–H and O–H groups in total. The van der Waals surface area contributed by atoms with Crippen LogP contribution in [0.4, 0.5) is 0 Å². The molecule has 650 valence electrons. The van der Waals surface area contributed by atoms with E-state index >= 15 is 0 Å². The van der Waals surface area contributed by atoms with Crippen molar-refractivity contribution in [3.8, 4) is 0 Å². The van der Waals surface area contributed by atoms with Gasteiger partial charge in [-0.3, -0.25) is 4.79 Å². The highest BCUT2D eigenvalue weighted by atomic mass is 16.8. The van der Waals surface area contributed by atoms with Crippen LogP contribution in [0.15, 0.2) is 134 Å². The summed E-state index contributed by atoms with van der Waals surface area (Å²) in [5.74, 6) is -0.263. The van der Waals surface area contributed by atoms with Gasteiger partial charge in [-0.05, 0) is 96.3 Å². The maximum atomic E-state index is 13.5. The molecule has 17 unspecified atom stereocenters. The van der Waals surface area contributed by atoms with Crippen LogP contribution >= 0.6 is 0 Å². The predicted octanol–water partition coefficient (Wildman–Crippen LogP) is 17.2. The average Bonchev–Trinajstić information content (AvgIpc) is 0.780. The van der Waals surface area contributed by atoms with E-state index in [2.05, 4.69) is 153 Å². The van der Waals surface area contributed by atoms with Gasteiger partial charge in [-0.15, -0.1) is 0 Å². The number of rotatable bonds is 71. The maximum absolute atomic E-state index is 13.5. The molecule has 3 fully saturated rings. The highest BCUT2D eigenvalue weighted by Gasteiger charge is 2.54. The molecule has 0 aromatic rings. The number of aliphatic hydroxyl groups excluding tert-OH is 11. The van der Waals surface area contributed by atoms with Crippen LogP contribution in [0.2, 0.25) is 0 Å². The third-order valence-electron chi connectivity index (χ3n) is 21.5. The molecule has 1 amide bonds. The highest BCUT2D eigenvalue weighted by Crippen LogP contribution is 2.33. The Balaban J connectivity index is 1.35. The first kappa shape index (κ1) is 103. The molecule has 19 nitrogen and oxygen atoms in total. The molecule has 0 saturated carbocycles. The van der Waals surface area contributed by atoms with Gasteiger partial charge in [-0.2, -0.15) is 0 Å². The van der Waals surface area contributed by atoms with Crippen molar-refractivity contribution in [2.45, 2.75) is 426 Å². The molecule has 3 saturated heterocycles. The SMILES string of the molecule is CC/C=C\C/C=C\C/C=C\C/C=C\C/C=C\C/C=C\C/C=C\C/C=C\C/C=C\C/C=C\C/C=C\CCCCCCCC(=O)NC(COC1OC(CO)C(OC2OC(CO)C(OC3OC(CO)C(O)C(O)C3O)C(O)C2O)C(O)C1O)C(O)CCCCCCCCCCCCCCCCCCCCCCCCCCCCCCC. The molecule has 3 heterocycles. The Morgan fingerprint density at radius 2 is 0.611 bits per heavy atom. The van der Waals surface area contributed by atoms with E-state index < -0.39 is 124 Å². The molecule has 0 spiro atoms. The van der Waals surface area contributed by atoms with Gasteiger partial charge in [0.25, 0.3) is 0 Å². The Hall–Kier alpha value is -4.07. The van der Waals surface area contributed by atoms with Gasteiger partial charge in [0.15, 0.2) is 18.9 Å². The van der Waals surface area contributed by atoms with Gasteiger partial charge in [-0.1, -0.05) is 353 Å². The summed E-state index contributed by atoms with van der Waals surface area (Å²) in [6, 6.07) is -0.910. The van der Waals surface area contributed by atoms with Crippen LogP contribution in [0.5, 0.6) is 0 Å². The maximum Gasteiger partial charge on any atom is 0.220 e. The van der Waals surface area contributed by atoms with Crippen molar-refractivity contribution in [3.05, 3.63) is 134 Å². The molecule has 19 heteroatoms. The zero-order chi connectivity index (χ0) is 81.7. The molecule has 113 heavy (non-hydrogen) atoms. The lowest BCUT2D eigenvalue weighted by Gasteiger charge is -2.48. The zero-order valence-corrected chi connectivity index (χ0v) is 70.1. The first-order valence-electron chi connectivity index (χ1n) is 44.9. The van der Waals surface area contributed by atoms with Crippen LogP contribution in [-0.2, 0) is 33.2 Å². The fourth-order valence-corrected chi connectivity index (χ4v) is 14.4. The second-order valence-corrected chi connectivity index (χ2v) is 31.3. The lowest BCUT2D eigenvalue weighted by Crippen LogP contribution is -2.66. The van der Waals surface area contributed by atoms with Crippen molar-refractivity contribution < 1.29 is 89.4 Å². The van der Waals surface area contributed by atoms with Crippen molar-refractivity contribution >= 4 is 5.91 Å². The molecule has 3 rings (SSSR count). The molecular weight excluding hydrogens is 1430 g/mol. The molecule has 0 bridgehead atoms. The molecule has 0 aromatic carbocycles. The van der Waals surface area contributed by atoms with Crippen molar-refractivity contribution in [3.63, 3.8) is 0 Å². The molecule has 17 atom stereocenters. The van der Waals surface area contributed by atoms with Gasteiger partial charge in [0.2, 0.25) is 5.91 Å². The zero-order valence-electron chi connectivity index (χ0n) is 70.1. The van der Waals surface area contributed by atoms with E-state index in [1.54, 1.807) is 0 Å². The number of aliphatic hydroxyl groups is 11. The summed E-state index contributed by atoms with van der Waals surface area (Å²) in [6.45, 7) is 1.70. The molecular formula is C94H161NO18. The van der Waals surface area contributed by atoms with Crippen molar-refractivity contribution in [2.75, 3.05) is 26.4 Å². The summed E-state index contributed by atoms with van der Waals surface area (Å²) < 4.78 is 34.6. The monoisotopic (exact) mass is 1590 g/mol. The quantitative estimate of drug-likeness (QED) is 0.0199. The number of hydrogen-bond acceptors (Lipinski definition) is 18. The standard InChI is InChI=1S/C94H161NO18/c1-3-5-7-9-11-13-15-17-19-21-23-25-27-29-31-33-34-35-36-37-38-39-40-41-42-44-46-48-50-52-54-56-58-60-62-64-66-68-70-72-82(100)95-77(78(99)71-69-67-65-63-61-59-57-55-53-51-49-47-45-43-32-30-28-26-24-22-20-18-16-14-12-10-8-6-4-2)76-108-92-88(106)85(103)90(80(74-97)110-92)113-94-89(107)86(104)91(81(75-98)111-94)112-93-87(105)84(102)83(101)79(73-96)109-93/h5,7,11,13,17,19,23,25,29,31,34-35,37-38,40-41,44,46,50,52,56,58,77-81,83-94,96-99,101-107H,3-4,6,8-10,12,14-16,18,20-22,24,26-28,30,32-33,36,39,42-43,45,47-49,51,53-55,57,59-76H2,1-2H3,(H,95,100)/b7-5-,13-11-,19-17-,25-23-,31-29-,35-34-,38-37-,41-40-,46-44-,52-50-,58-56-. The lowest BCUT2D eigenvalue weighted by atomic mass is 9.96. The van der Waals surface area contributed by atoms with Gasteiger partial charge < -0.3 is 89.9 Å². The number of carbonyl (C=O) groups excluding carboxylic acids is 1. The largest absolute Gasteiger partial charge is 0.394 e. The van der Waals surface area contributed by atoms with Crippen molar-refractivity contribution in [2.24, 2.45) is 0 Å². The van der Waals surface area contributed by atoms with Gasteiger partial charge in [-0.25, -0.2) is 0 Å². The number of hydrogen-bond donors (Lipinski definition) is 12. The smallest absolute Gasteiger partial charge is 0.220 e. The van der Waals surface area contributed by atoms with E-state index in [9.17, 15) is 61.0 Å². The Morgan fingerprint density at radius 3 is 0.956 bits per heavy atom. The second-order valence-electron chi connectivity index (χ2n) is 31.3. The number of unbranched alkanes of at least 4 members (excludes halogenated alkanes) is 33. The van der Waals surface area contributed by atoms with Gasteiger partial charge >= 0.3 is 0 Å².